The van der Waals surface area contributed by atoms with Gasteiger partial charge in [0.05, 0.1) is 6.10 Å². The molecule has 114 valence electrons. The van der Waals surface area contributed by atoms with Gasteiger partial charge in [0, 0.05) is 31.1 Å². The molecule has 0 aliphatic rings. The highest BCUT2D eigenvalue weighted by Gasteiger charge is 2.02. The second-order valence-corrected chi connectivity index (χ2v) is 5.38. The smallest absolute Gasteiger partial charge is 0.250 e. The van der Waals surface area contributed by atoms with E-state index in [0.717, 1.165) is 12.8 Å². The van der Waals surface area contributed by atoms with Gasteiger partial charge in [0.1, 0.15) is 0 Å². The fraction of sp³-hybridized carbons (Fsp3) is 0.688. The van der Waals surface area contributed by atoms with E-state index in [1.54, 1.807) is 16.8 Å². The van der Waals surface area contributed by atoms with Gasteiger partial charge in [-0.05, 0) is 25.8 Å². The zero-order valence-electron chi connectivity index (χ0n) is 12.8. The van der Waals surface area contributed by atoms with Crippen LogP contribution in [0.4, 0.5) is 5.69 Å². The van der Waals surface area contributed by atoms with Crippen molar-refractivity contribution in [3.05, 3.63) is 28.7 Å². The van der Waals surface area contributed by atoms with Gasteiger partial charge in [-0.3, -0.25) is 4.79 Å². The van der Waals surface area contributed by atoms with Crippen molar-refractivity contribution in [3.63, 3.8) is 0 Å². The van der Waals surface area contributed by atoms with Crippen LogP contribution in [-0.2, 0) is 11.3 Å². The highest BCUT2D eigenvalue weighted by molar-refractivity contribution is 5.33. The number of aromatic nitrogens is 1. The number of nitrogens with zero attached hydrogens (tertiary/aromatic N) is 1. The van der Waals surface area contributed by atoms with E-state index in [1.165, 1.54) is 31.7 Å². The highest BCUT2D eigenvalue weighted by atomic mass is 16.5. The van der Waals surface area contributed by atoms with Crippen molar-refractivity contribution in [2.75, 3.05) is 12.3 Å². The minimum Gasteiger partial charge on any atom is -0.398 e. The molecule has 1 heterocycles. The summed E-state index contributed by atoms with van der Waals surface area (Å²) < 4.78 is 7.41. The summed E-state index contributed by atoms with van der Waals surface area (Å²) in [6.07, 6.45) is 9.07. The molecule has 1 aromatic rings. The van der Waals surface area contributed by atoms with E-state index in [1.807, 2.05) is 0 Å². The summed E-state index contributed by atoms with van der Waals surface area (Å²) in [7, 11) is 0. The molecule has 0 aliphatic carbocycles. The van der Waals surface area contributed by atoms with Crippen LogP contribution < -0.4 is 11.3 Å². The number of pyridine rings is 1. The SMILES string of the molecule is CCCCCCC(C)OCCCn1cc(N)ccc1=O. The van der Waals surface area contributed by atoms with Crippen LogP contribution in [0, 0.1) is 0 Å². The maximum absolute atomic E-state index is 11.6. The summed E-state index contributed by atoms with van der Waals surface area (Å²) in [5, 5.41) is 0. The normalized spacial score (nSPS) is 12.5. The van der Waals surface area contributed by atoms with E-state index < -0.39 is 0 Å². The molecule has 0 radical (unpaired) electrons. The van der Waals surface area contributed by atoms with E-state index >= 15 is 0 Å². The van der Waals surface area contributed by atoms with Gasteiger partial charge in [-0.25, -0.2) is 0 Å². The molecule has 1 aromatic heterocycles. The summed E-state index contributed by atoms with van der Waals surface area (Å²) in [4.78, 5) is 11.6. The quantitative estimate of drug-likeness (QED) is 0.670. The Labute approximate surface area is 121 Å². The van der Waals surface area contributed by atoms with Crippen LogP contribution in [0.2, 0.25) is 0 Å². The fourth-order valence-corrected chi connectivity index (χ4v) is 2.19. The lowest BCUT2D eigenvalue weighted by molar-refractivity contribution is 0.0549. The molecule has 20 heavy (non-hydrogen) atoms. The Bertz CT molecular complexity index is 429. The summed E-state index contributed by atoms with van der Waals surface area (Å²) in [5.41, 5.74) is 6.28. The van der Waals surface area contributed by atoms with Gasteiger partial charge in [-0.1, -0.05) is 32.6 Å². The lowest BCUT2D eigenvalue weighted by atomic mass is 10.1. The molecule has 4 nitrogen and oxygen atoms in total. The number of aryl methyl sites for hydroxylation is 1. The van der Waals surface area contributed by atoms with Gasteiger partial charge in [-0.15, -0.1) is 0 Å². The zero-order chi connectivity index (χ0) is 14.8. The van der Waals surface area contributed by atoms with Crippen LogP contribution in [0.15, 0.2) is 23.1 Å². The Kier molecular flexibility index (Phi) is 8.04. The topological polar surface area (TPSA) is 57.2 Å². The van der Waals surface area contributed by atoms with Gasteiger partial charge in [-0.2, -0.15) is 0 Å². The highest BCUT2D eigenvalue weighted by Crippen LogP contribution is 2.08. The third-order valence-corrected chi connectivity index (χ3v) is 3.42. The van der Waals surface area contributed by atoms with Crippen molar-refractivity contribution in [3.8, 4) is 0 Å². The minimum absolute atomic E-state index is 0.00758. The monoisotopic (exact) mass is 280 g/mol. The van der Waals surface area contributed by atoms with E-state index in [4.69, 9.17) is 10.5 Å². The molecule has 0 fully saturated rings. The van der Waals surface area contributed by atoms with Crippen LogP contribution in [0.3, 0.4) is 0 Å². The third-order valence-electron chi connectivity index (χ3n) is 3.42. The van der Waals surface area contributed by atoms with E-state index in [2.05, 4.69) is 13.8 Å². The number of hydrogen-bond acceptors (Lipinski definition) is 3. The Morgan fingerprint density at radius 3 is 2.80 bits per heavy atom. The summed E-state index contributed by atoms with van der Waals surface area (Å²) in [6.45, 7) is 5.69. The molecule has 0 aliphatic heterocycles. The molecule has 4 heteroatoms. The molecule has 1 atom stereocenters. The van der Waals surface area contributed by atoms with Crippen LogP contribution in [0.25, 0.3) is 0 Å². The average molecular weight is 280 g/mol. The van der Waals surface area contributed by atoms with Gasteiger partial charge in [0.25, 0.3) is 5.56 Å². The molecule has 0 amide bonds. The number of nitrogen functional groups attached to an aromatic ring is 1. The van der Waals surface area contributed by atoms with Crippen molar-refractivity contribution in [1.29, 1.82) is 0 Å². The first kappa shape index (κ1) is 16.8. The lowest BCUT2D eigenvalue weighted by Gasteiger charge is -2.13. The van der Waals surface area contributed by atoms with Gasteiger partial charge in [0.15, 0.2) is 0 Å². The van der Waals surface area contributed by atoms with Crippen molar-refractivity contribution < 1.29 is 4.74 Å². The predicted octanol–water partition coefficient (Wildman–Crippen LogP) is 3.20. The Hall–Kier alpha value is -1.29. The minimum atomic E-state index is -0.00758. The van der Waals surface area contributed by atoms with Crippen molar-refractivity contribution in [1.82, 2.24) is 4.57 Å². The standard InChI is InChI=1S/C16H28N2O2/c1-3-4-5-6-8-14(2)20-12-7-11-18-13-15(17)9-10-16(18)19/h9-10,13-14H,3-8,11-12,17H2,1-2H3. The number of ether oxygens (including phenoxy) is 1. The van der Waals surface area contributed by atoms with Gasteiger partial charge in [0.2, 0.25) is 0 Å². The van der Waals surface area contributed by atoms with Crippen molar-refractivity contribution in [2.45, 2.75) is 65.0 Å². The van der Waals surface area contributed by atoms with E-state index in [0.29, 0.717) is 24.9 Å². The first-order valence-electron chi connectivity index (χ1n) is 7.71. The lowest BCUT2D eigenvalue weighted by Crippen LogP contribution is -2.20. The number of anilines is 1. The second kappa shape index (κ2) is 9.59. The van der Waals surface area contributed by atoms with E-state index in [-0.39, 0.29) is 5.56 Å². The Morgan fingerprint density at radius 2 is 2.05 bits per heavy atom. The van der Waals surface area contributed by atoms with E-state index in [9.17, 15) is 4.79 Å². The van der Waals surface area contributed by atoms with Crippen LogP contribution >= 0.6 is 0 Å². The molecular formula is C16H28N2O2. The second-order valence-electron chi connectivity index (χ2n) is 5.38. The molecular weight excluding hydrogens is 252 g/mol. The van der Waals surface area contributed by atoms with Gasteiger partial charge < -0.3 is 15.0 Å². The number of hydrogen-bond donors (Lipinski definition) is 1. The zero-order valence-corrected chi connectivity index (χ0v) is 12.8. The molecule has 0 aromatic carbocycles. The fourth-order valence-electron chi connectivity index (χ4n) is 2.19. The molecule has 0 bridgehead atoms. The average Bonchev–Trinajstić information content (AvgIpc) is 2.43. The molecule has 1 unspecified atom stereocenters. The number of rotatable bonds is 10. The number of nitrogens with two attached hydrogens (primary N) is 1. The maximum atomic E-state index is 11.6. The summed E-state index contributed by atoms with van der Waals surface area (Å²) in [6, 6.07) is 3.14. The summed E-state index contributed by atoms with van der Waals surface area (Å²) in [5.74, 6) is 0. The summed E-state index contributed by atoms with van der Waals surface area (Å²) >= 11 is 0. The molecule has 0 saturated carbocycles. The first-order valence-corrected chi connectivity index (χ1v) is 7.71. The maximum Gasteiger partial charge on any atom is 0.250 e. The predicted molar refractivity (Wildman–Crippen MR) is 83.9 cm³/mol. The van der Waals surface area contributed by atoms with Crippen molar-refractivity contribution in [2.24, 2.45) is 0 Å². The molecule has 0 saturated heterocycles. The molecule has 2 N–H and O–H groups in total. The molecule has 0 spiro atoms. The third kappa shape index (κ3) is 6.75. The largest absolute Gasteiger partial charge is 0.398 e. The molecule has 1 rings (SSSR count). The van der Waals surface area contributed by atoms with Gasteiger partial charge >= 0.3 is 0 Å². The van der Waals surface area contributed by atoms with Crippen LogP contribution in [-0.4, -0.2) is 17.3 Å². The van der Waals surface area contributed by atoms with Crippen LogP contribution in [0.1, 0.15) is 52.4 Å². The Morgan fingerprint density at radius 1 is 1.25 bits per heavy atom. The van der Waals surface area contributed by atoms with Crippen LogP contribution in [0.5, 0.6) is 0 Å². The Balaban J connectivity index is 2.15. The van der Waals surface area contributed by atoms with Crippen molar-refractivity contribution >= 4 is 5.69 Å². The first-order chi connectivity index (χ1) is 9.63. The number of unbranched alkanes of at least 4 members (excludes halogenated alkanes) is 3.